The van der Waals surface area contributed by atoms with Crippen LogP contribution < -0.4 is 11.3 Å². The van der Waals surface area contributed by atoms with Gasteiger partial charge in [-0.05, 0) is 23.8 Å². The second kappa shape index (κ2) is 7.74. The molecule has 0 aliphatic heterocycles. The Morgan fingerprint density at radius 2 is 2.05 bits per heavy atom. The highest BCUT2D eigenvalue weighted by Gasteiger charge is 2.10. The molecule has 3 heterocycles. The van der Waals surface area contributed by atoms with E-state index in [1.165, 1.54) is 4.68 Å². The first kappa shape index (κ1) is 17.9. The molecule has 8 heteroatoms. The van der Waals surface area contributed by atoms with Crippen LogP contribution in [0.15, 0.2) is 53.8 Å². The number of halogens is 2. The third-order valence-electron chi connectivity index (χ3n) is 3.02. The van der Waals surface area contributed by atoms with Crippen LogP contribution in [0.2, 0.25) is 0 Å². The lowest BCUT2D eigenvalue weighted by Crippen LogP contribution is -2.17. The zero-order valence-electron chi connectivity index (χ0n) is 11.5. The van der Waals surface area contributed by atoms with Gasteiger partial charge < -0.3 is 5.73 Å². The molecule has 3 aromatic rings. The number of H-pyrrole nitrogens is 1. The Kier molecular flexibility index (Phi) is 6.30. The summed E-state index contributed by atoms with van der Waals surface area (Å²) in [7, 11) is 0. The van der Waals surface area contributed by atoms with E-state index >= 15 is 0 Å². The number of nitrogens with two attached hydrogens (primary N) is 1. The van der Waals surface area contributed by atoms with E-state index in [0.29, 0.717) is 17.9 Å². The standard InChI is InChI=1S/C14H13N5O.2ClH/c15-7-10-3-5-17-13(6-10)19-14(20)12(9-18-19)11-2-1-4-16-8-11;;/h1-6,8-9,18H,7,15H2;2*1H. The van der Waals surface area contributed by atoms with Gasteiger partial charge in [-0.1, -0.05) is 6.07 Å². The van der Waals surface area contributed by atoms with Crippen LogP contribution in [0, 0.1) is 0 Å². The minimum absolute atomic E-state index is 0. The molecule has 0 aliphatic rings. The van der Waals surface area contributed by atoms with Crippen molar-refractivity contribution in [1.82, 2.24) is 19.7 Å². The lowest BCUT2D eigenvalue weighted by molar-refractivity contribution is 0.815. The molecule has 0 spiro atoms. The molecule has 116 valence electrons. The molecule has 22 heavy (non-hydrogen) atoms. The maximum atomic E-state index is 12.4. The number of pyridine rings is 2. The van der Waals surface area contributed by atoms with Crippen molar-refractivity contribution in [3.05, 3.63) is 65.0 Å². The van der Waals surface area contributed by atoms with Crippen molar-refractivity contribution in [1.29, 1.82) is 0 Å². The molecule has 0 saturated carbocycles. The minimum Gasteiger partial charge on any atom is -0.326 e. The smallest absolute Gasteiger partial charge is 0.280 e. The third-order valence-corrected chi connectivity index (χ3v) is 3.02. The predicted octanol–water partition coefficient (Wildman–Crippen LogP) is 1.92. The van der Waals surface area contributed by atoms with Crippen molar-refractivity contribution in [2.75, 3.05) is 0 Å². The zero-order chi connectivity index (χ0) is 13.9. The zero-order valence-corrected chi connectivity index (χ0v) is 13.1. The second-order valence-corrected chi connectivity index (χ2v) is 4.30. The molecule has 0 bridgehead atoms. The van der Waals surface area contributed by atoms with Gasteiger partial charge in [-0.25, -0.2) is 9.67 Å². The summed E-state index contributed by atoms with van der Waals surface area (Å²) in [6, 6.07) is 7.23. The van der Waals surface area contributed by atoms with Gasteiger partial charge in [0.25, 0.3) is 5.56 Å². The van der Waals surface area contributed by atoms with E-state index in [9.17, 15) is 4.79 Å². The van der Waals surface area contributed by atoms with E-state index in [-0.39, 0.29) is 30.4 Å². The number of hydrogen-bond acceptors (Lipinski definition) is 4. The highest BCUT2D eigenvalue weighted by Crippen LogP contribution is 2.13. The highest BCUT2D eigenvalue weighted by molar-refractivity contribution is 5.85. The maximum absolute atomic E-state index is 12.4. The lowest BCUT2D eigenvalue weighted by atomic mass is 10.2. The van der Waals surface area contributed by atoms with Gasteiger partial charge >= 0.3 is 0 Å². The van der Waals surface area contributed by atoms with Gasteiger partial charge in [0.2, 0.25) is 0 Å². The second-order valence-electron chi connectivity index (χ2n) is 4.30. The number of aromatic nitrogens is 4. The average Bonchev–Trinajstić information content (AvgIpc) is 2.90. The van der Waals surface area contributed by atoms with Gasteiger partial charge in [-0.2, -0.15) is 0 Å². The fourth-order valence-corrected chi connectivity index (χ4v) is 1.98. The van der Waals surface area contributed by atoms with Crippen molar-refractivity contribution in [2.24, 2.45) is 5.73 Å². The van der Waals surface area contributed by atoms with Gasteiger partial charge in [0, 0.05) is 36.9 Å². The van der Waals surface area contributed by atoms with Crippen LogP contribution in [0.25, 0.3) is 16.9 Å². The summed E-state index contributed by atoms with van der Waals surface area (Å²) in [4.78, 5) is 20.6. The minimum atomic E-state index is -0.167. The van der Waals surface area contributed by atoms with E-state index in [1.54, 1.807) is 36.9 Å². The van der Waals surface area contributed by atoms with Crippen molar-refractivity contribution in [2.45, 2.75) is 6.54 Å². The van der Waals surface area contributed by atoms with Crippen LogP contribution in [0.1, 0.15) is 5.56 Å². The normalized spacial score (nSPS) is 9.68. The van der Waals surface area contributed by atoms with Gasteiger partial charge in [0.15, 0.2) is 5.82 Å². The first-order chi connectivity index (χ1) is 9.79. The summed E-state index contributed by atoms with van der Waals surface area (Å²) in [5.41, 5.74) is 7.67. The van der Waals surface area contributed by atoms with Crippen LogP contribution in [-0.2, 0) is 6.54 Å². The molecule has 0 atom stereocenters. The predicted molar refractivity (Wildman–Crippen MR) is 89.8 cm³/mol. The Morgan fingerprint density at radius 3 is 2.73 bits per heavy atom. The number of aromatic amines is 1. The monoisotopic (exact) mass is 339 g/mol. The summed E-state index contributed by atoms with van der Waals surface area (Å²) < 4.78 is 1.39. The number of nitrogens with zero attached hydrogens (tertiary/aromatic N) is 3. The molecule has 0 unspecified atom stereocenters. The lowest BCUT2D eigenvalue weighted by Gasteiger charge is -2.02. The molecule has 3 aromatic heterocycles. The van der Waals surface area contributed by atoms with Crippen LogP contribution in [0.3, 0.4) is 0 Å². The van der Waals surface area contributed by atoms with Crippen molar-refractivity contribution in [3.8, 4) is 16.9 Å². The molecule has 0 aliphatic carbocycles. The van der Waals surface area contributed by atoms with E-state index in [4.69, 9.17) is 5.73 Å². The highest BCUT2D eigenvalue weighted by atomic mass is 35.5. The molecule has 6 nitrogen and oxygen atoms in total. The molecule has 0 aromatic carbocycles. The van der Waals surface area contributed by atoms with Crippen molar-refractivity contribution < 1.29 is 0 Å². The topological polar surface area (TPSA) is 89.6 Å². The first-order valence-electron chi connectivity index (χ1n) is 6.16. The SMILES string of the molecule is Cl.Cl.NCc1ccnc(-n2[nH]cc(-c3cccnc3)c2=O)c1. The van der Waals surface area contributed by atoms with Crippen LogP contribution in [0.5, 0.6) is 0 Å². The van der Waals surface area contributed by atoms with Crippen molar-refractivity contribution >= 4 is 24.8 Å². The number of rotatable bonds is 3. The average molecular weight is 340 g/mol. The fourth-order valence-electron chi connectivity index (χ4n) is 1.98. The molecule has 0 amide bonds. The Labute approximate surface area is 139 Å². The molecular formula is C14H15Cl2N5O. The Morgan fingerprint density at radius 1 is 1.23 bits per heavy atom. The van der Waals surface area contributed by atoms with Crippen molar-refractivity contribution in [3.63, 3.8) is 0 Å². The van der Waals surface area contributed by atoms with Gasteiger partial charge in [0.1, 0.15) is 0 Å². The third kappa shape index (κ3) is 3.36. The van der Waals surface area contributed by atoms with E-state index in [0.717, 1.165) is 11.1 Å². The Bertz CT molecular complexity index is 785. The van der Waals surface area contributed by atoms with Gasteiger partial charge in [-0.15, -0.1) is 24.8 Å². The van der Waals surface area contributed by atoms with E-state index < -0.39 is 0 Å². The van der Waals surface area contributed by atoms with Crippen LogP contribution >= 0.6 is 24.8 Å². The summed E-state index contributed by atoms with van der Waals surface area (Å²) in [5, 5.41) is 2.91. The molecule has 0 fully saturated rings. The van der Waals surface area contributed by atoms with E-state index in [2.05, 4.69) is 15.1 Å². The summed E-state index contributed by atoms with van der Waals surface area (Å²) in [5.74, 6) is 0.521. The molecule has 0 radical (unpaired) electrons. The Balaban J connectivity index is 0.00000121. The molecule has 3 N–H and O–H groups in total. The van der Waals surface area contributed by atoms with Crippen LogP contribution in [0.4, 0.5) is 0 Å². The maximum Gasteiger partial charge on any atom is 0.280 e. The molecule has 3 rings (SSSR count). The fraction of sp³-hybridized carbons (Fsp3) is 0.0714. The van der Waals surface area contributed by atoms with Gasteiger partial charge in [0.05, 0.1) is 5.56 Å². The largest absolute Gasteiger partial charge is 0.326 e. The van der Waals surface area contributed by atoms with E-state index in [1.807, 2.05) is 12.1 Å². The first-order valence-corrected chi connectivity index (χ1v) is 6.16. The molecule has 0 saturated heterocycles. The quantitative estimate of drug-likeness (QED) is 0.762. The molecular weight excluding hydrogens is 325 g/mol. The number of nitrogens with one attached hydrogen (secondary N) is 1. The van der Waals surface area contributed by atoms with Gasteiger partial charge in [-0.3, -0.25) is 14.9 Å². The van der Waals surface area contributed by atoms with Crippen LogP contribution in [-0.4, -0.2) is 19.7 Å². The Hall–Kier alpha value is -2.15. The summed E-state index contributed by atoms with van der Waals surface area (Å²) in [6.07, 6.45) is 6.60. The summed E-state index contributed by atoms with van der Waals surface area (Å²) in [6.45, 7) is 0.403. The number of hydrogen-bond donors (Lipinski definition) is 2. The summed E-state index contributed by atoms with van der Waals surface area (Å²) >= 11 is 0.